The van der Waals surface area contributed by atoms with E-state index in [9.17, 15) is 18.9 Å². The fourth-order valence-electron chi connectivity index (χ4n) is 0.279. The van der Waals surface area contributed by atoms with Gasteiger partial charge in [-0.2, -0.15) is 0 Å². The Bertz CT molecular complexity index is 313. The largest absolute Gasteiger partial charge is 0.587 e. The molecule has 72 valence electrons. The number of Topliss-reactive ketones (excluding diaryl/α,β-unsaturated/α-hetero) is 1. The van der Waals surface area contributed by atoms with Gasteiger partial charge in [-0.15, -0.1) is 0 Å². The molecule has 13 heavy (non-hydrogen) atoms. The van der Waals surface area contributed by atoms with Crippen molar-refractivity contribution in [3.05, 3.63) is 6.26 Å². The zero-order chi connectivity index (χ0) is 10.5. The van der Waals surface area contributed by atoms with Crippen molar-refractivity contribution in [1.29, 1.82) is 0 Å². The molecule has 0 aliphatic heterocycles. The molecule has 0 rings (SSSR count). The van der Waals surface area contributed by atoms with Gasteiger partial charge in [-0.25, -0.2) is 14.2 Å². The van der Waals surface area contributed by atoms with E-state index in [-0.39, 0.29) is 6.26 Å². The van der Waals surface area contributed by atoms with Crippen molar-refractivity contribution in [2.75, 3.05) is 0 Å². The van der Waals surface area contributed by atoms with Crippen LogP contribution in [-0.2, 0) is 28.0 Å². The summed E-state index contributed by atoms with van der Waals surface area (Å²) in [6.07, 6.45) is 0.203. The molecule has 0 radical (unpaired) electrons. The van der Waals surface area contributed by atoms with Gasteiger partial charge >= 0.3 is 13.8 Å². The number of carbonyl (C=O) groups is 2. The van der Waals surface area contributed by atoms with Crippen LogP contribution < -0.4 is 0 Å². The molecule has 0 fully saturated rings. The van der Waals surface area contributed by atoms with E-state index in [1.165, 1.54) is 0 Å². The molecule has 0 saturated carbocycles. The summed E-state index contributed by atoms with van der Waals surface area (Å²) in [5.74, 6) is -1.56. The molecule has 0 heterocycles. The van der Waals surface area contributed by atoms with E-state index >= 15 is 0 Å². The number of carbonyl (C=O) groups excluding carboxylic acids is 3. The first kappa shape index (κ1) is 11.6. The average Bonchev–Trinajstić information content (AvgIpc) is 2.00. The van der Waals surface area contributed by atoms with E-state index in [2.05, 4.69) is 9.05 Å². The molecule has 0 spiro atoms. The lowest BCUT2D eigenvalue weighted by Crippen LogP contribution is -2.12. The molecular weight excluding hydrogens is 203 g/mol. The normalized spacial score (nSPS) is 13.4. The third-order valence-electron chi connectivity index (χ3n) is 0.720. The monoisotopic (exact) mass is 208 g/mol. The summed E-state index contributed by atoms with van der Waals surface area (Å²) in [4.78, 5) is 38.8. The molecule has 1 unspecified atom stereocenters. The fraction of sp³-hybridized carbons (Fsp3) is 0.200. The van der Waals surface area contributed by atoms with Gasteiger partial charge in [0.15, 0.2) is 12.2 Å². The third kappa shape index (κ3) is 4.92. The van der Waals surface area contributed by atoms with Crippen LogP contribution in [0.15, 0.2) is 6.26 Å². The van der Waals surface area contributed by atoms with Gasteiger partial charge < -0.3 is 9.05 Å². The first-order valence-corrected chi connectivity index (χ1v) is 4.33. The molecule has 1 atom stereocenters. The van der Waals surface area contributed by atoms with Crippen LogP contribution in [0.5, 0.6) is 0 Å². The Kier molecular flexibility index (Phi) is 4.07. The van der Waals surface area contributed by atoms with Crippen LogP contribution in [-0.4, -0.2) is 22.6 Å². The molecule has 0 amide bonds. The number of rotatable bonds is 4. The first-order valence-electron chi connectivity index (χ1n) is 2.84. The van der Waals surface area contributed by atoms with Gasteiger partial charge in [0.05, 0.1) is 0 Å². The van der Waals surface area contributed by atoms with E-state index in [0.717, 1.165) is 12.9 Å². The minimum atomic E-state index is -4.71. The number of phosphoric ester groups is 1. The van der Waals surface area contributed by atoms with Crippen molar-refractivity contribution >= 4 is 25.5 Å². The SMILES string of the molecule is CC(=O)C(=O)OP(=O)(O)OC=C=O. The predicted octanol–water partition coefficient (Wildman–Crippen LogP) is -0.419. The molecule has 0 aromatic rings. The van der Waals surface area contributed by atoms with Gasteiger partial charge in [0.2, 0.25) is 5.78 Å². The van der Waals surface area contributed by atoms with Gasteiger partial charge in [-0.05, 0) is 0 Å². The minimum Gasteiger partial charge on any atom is -0.391 e. The van der Waals surface area contributed by atoms with Crippen LogP contribution in [0, 0.1) is 0 Å². The molecule has 0 aromatic heterocycles. The van der Waals surface area contributed by atoms with Crippen molar-refractivity contribution in [2.45, 2.75) is 6.92 Å². The zero-order valence-electron chi connectivity index (χ0n) is 6.42. The van der Waals surface area contributed by atoms with Crippen molar-refractivity contribution in [3.8, 4) is 0 Å². The quantitative estimate of drug-likeness (QED) is 0.289. The Morgan fingerprint density at radius 3 is 2.46 bits per heavy atom. The minimum absolute atomic E-state index is 0.203. The molecule has 0 bridgehead atoms. The summed E-state index contributed by atoms with van der Waals surface area (Å²) in [5, 5.41) is 0. The first-order chi connectivity index (χ1) is 5.89. The number of hydrogen-bond donors (Lipinski definition) is 1. The second-order valence-corrected chi connectivity index (χ2v) is 3.08. The molecule has 1 N–H and O–H groups in total. The molecule has 0 aliphatic rings. The Morgan fingerprint density at radius 2 is 2.08 bits per heavy atom. The summed E-state index contributed by atoms with van der Waals surface area (Å²) >= 11 is 0. The van der Waals surface area contributed by atoms with Gasteiger partial charge in [0.25, 0.3) is 0 Å². The van der Waals surface area contributed by atoms with Crippen molar-refractivity contribution < 1.29 is 32.9 Å². The van der Waals surface area contributed by atoms with E-state index < -0.39 is 19.6 Å². The summed E-state index contributed by atoms with van der Waals surface area (Å²) in [6.45, 7) is 0.845. The lowest BCUT2D eigenvalue weighted by atomic mass is 10.5. The van der Waals surface area contributed by atoms with Crippen LogP contribution in [0.3, 0.4) is 0 Å². The molecule has 8 heteroatoms. The van der Waals surface area contributed by atoms with E-state index in [1.54, 1.807) is 0 Å². The Balaban J connectivity index is 4.33. The van der Waals surface area contributed by atoms with Crippen LogP contribution in [0.25, 0.3) is 0 Å². The van der Waals surface area contributed by atoms with Gasteiger partial charge in [-0.1, -0.05) is 0 Å². The predicted molar refractivity (Wildman–Crippen MR) is 37.9 cm³/mol. The van der Waals surface area contributed by atoms with Gasteiger partial charge in [-0.3, -0.25) is 9.69 Å². The zero-order valence-corrected chi connectivity index (χ0v) is 7.32. The fourth-order valence-corrected chi connectivity index (χ4v) is 0.836. The standard InChI is InChI=1S/C5H5O7P/c1-4(7)5(8)12-13(9,10)11-3-2-6/h3H,1H3,(H,9,10). The van der Waals surface area contributed by atoms with E-state index in [4.69, 9.17) is 4.89 Å². The highest BCUT2D eigenvalue weighted by Gasteiger charge is 2.28. The lowest BCUT2D eigenvalue weighted by Gasteiger charge is -2.06. The van der Waals surface area contributed by atoms with E-state index in [1.807, 2.05) is 0 Å². The van der Waals surface area contributed by atoms with Gasteiger partial charge in [0.1, 0.15) is 0 Å². The lowest BCUT2D eigenvalue weighted by molar-refractivity contribution is -0.147. The highest BCUT2D eigenvalue weighted by atomic mass is 31.2. The van der Waals surface area contributed by atoms with Crippen LogP contribution in [0.1, 0.15) is 6.92 Å². The van der Waals surface area contributed by atoms with Crippen molar-refractivity contribution in [2.24, 2.45) is 0 Å². The molecule has 7 nitrogen and oxygen atoms in total. The van der Waals surface area contributed by atoms with Gasteiger partial charge in [0, 0.05) is 6.92 Å². The number of hydrogen-bond acceptors (Lipinski definition) is 6. The van der Waals surface area contributed by atoms with Crippen LogP contribution >= 0.6 is 7.82 Å². The maximum absolute atomic E-state index is 10.6. The third-order valence-corrected chi connectivity index (χ3v) is 1.49. The highest BCUT2D eigenvalue weighted by Crippen LogP contribution is 2.43. The maximum Gasteiger partial charge on any atom is 0.587 e. The molecule has 0 saturated heterocycles. The van der Waals surface area contributed by atoms with Crippen LogP contribution in [0.4, 0.5) is 0 Å². The highest BCUT2D eigenvalue weighted by molar-refractivity contribution is 7.48. The smallest absolute Gasteiger partial charge is 0.391 e. The van der Waals surface area contributed by atoms with E-state index in [0.29, 0.717) is 0 Å². The average molecular weight is 208 g/mol. The summed E-state index contributed by atoms with van der Waals surface area (Å²) < 4.78 is 18.1. The maximum atomic E-state index is 10.6. The number of ketones is 1. The van der Waals surface area contributed by atoms with Crippen LogP contribution in [0.2, 0.25) is 0 Å². The topological polar surface area (TPSA) is 107 Å². The van der Waals surface area contributed by atoms with Crippen molar-refractivity contribution in [3.63, 3.8) is 0 Å². The Hall–Kier alpha value is -1.42. The second-order valence-electron chi connectivity index (χ2n) is 1.74. The molecular formula is C5H5O7P. The summed E-state index contributed by atoms with van der Waals surface area (Å²) in [7, 11) is -4.71. The summed E-state index contributed by atoms with van der Waals surface area (Å²) in [6, 6.07) is 0. The summed E-state index contributed by atoms with van der Waals surface area (Å²) in [5.41, 5.74) is 0. The second kappa shape index (κ2) is 4.57. The van der Waals surface area contributed by atoms with Crippen molar-refractivity contribution in [1.82, 2.24) is 0 Å². The Morgan fingerprint density at radius 1 is 1.54 bits per heavy atom. The Labute approximate surface area is 72.6 Å². The molecule has 0 aliphatic carbocycles. The number of phosphoric acid groups is 1. The molecule has 0 aromatic carbocycles.